The molecule has 7 nitrogen and oxygen atoms in total. The SMILES string of the molecule is C[C@H]1OC(OC(=N)C(Cl)(Cl)Cl)C[C@@H](OCc2ccccc2)[C@@H]1OS(=O)(=O)Cc1ccccc1. The van der Waals surface area contributed by atoms with Crippen LogP contribution in [0.15, 0.2) is 60.7 Å². The van der Waals surface area contributed by atoms with Gasteiger partial charge in [-0.25, -0.2) is 0 Å². The highest BCUT2D eigenvalue weighted by Gasteiger charge is 2.43. The van der Waals surface area contributed by atoms with E-state index in [1.807, 2.05) is 30.3 Å². The van der Waals surface area contributed by atoms with Gasteiger partial charge in [-0.2, -0.15) is 8.42 Å². The predicted octanol–water partition coefficient (Wildman–Crippen LogP) is 4.99. The maximum absolute atomic E-state index is 12.8. The zero-order valence-corrected chi connectivity index (χ0v) is 20.8. The molecule has 2 aromatic rings. The predicted molar refractivity (Wildman–Crippen MR) is 127 cm³/mol. The van der Waals surface area contributed by atoms with E-state index in [2.05, 4.69) is 0 Å². The number of hydrogen-bond acceptors (Lipinski definition) is 7. The average Bonchev–Trinajstić information content (AvgIpc) is 2.75. The normalized spacial score (nSPS) is 23.8. The molecule has 1 heterocycles. The summed E-state index contributed by atoms with van der Waals surface area (Å²) in [5.41, 5.74) is 1.50. The summed E-state index contributed by atoms with van der Waals surface area (Å²) in [7, 11) is -3.95. The number of alkyl halides is 3. The van der Waals surface area contributed by atoms with Gasteiger partial charge in [-0.1, -0.05) is 95.5 Å². The Bertz CT molecular complexity index is 1020. The van der Waals surface area contributed by atoms with Crippen molar-refractivity contribution in [3.63, 3.8) is 0 Å². The Balaban J connectivity index is 1.75. The summed E-state index contributed by atoms with van der Waals surface area (Å²) in [6.07, 6.45) is -3.35. The lowest BCUT2D eigenvalue weighted by molar-refractivity contribution is -0.226. The second kappa shape index (κ2) is 11.4. The second-order valence-electron chi connectivity index (χ2n) is 7.53. The molecular weight excluding hydrogens is 513 g/mol. The number of hydrogen-bond donors (Lipinski definition) is 1. The first-order valence-corrected chi connectivity index (χ1v) is 12.8. The van der Waals surface area contributed by atoms with Crippen LogP contribution < -0.4 is 0 Å². The van der Waals surface area contributed by atoms with Gasteiger partial charge in [0.25, 0.3) is 13.9 Å². The molecule has 0 aliphatic carbocycles. The average molecular weight is 537 g/mol. The van der Waals surface area contributed by atoms with E-state index in [4.69, 9.17) is 58.6 Å². The van der Waals surface area contributed by atoms with Gasteiger partial charge >= 0.3 is 0 Å². The molecule has 11 heteroatoms. The van der Waals surface area contributed by atoms with Crippen molar-refractivity contribution in [2.24, 2.45) is 0 Å². The van der Waals surface area contributed by atoms with Crippen LogP contribution >= 0.6 is 34.8 Å². The van der Waals surface area contributed by atoms with E-state index in [-0.39, 0.29) is 18.8 Å². The number of nitrogens with one attached hydrogen (secondary N) is 1. The van der Waals surface area contributed by atoms with E-state index in [0.717, 1.165) is 5.56 Å². The molecule has 180 valence electrons. The molecule has 1 aliphatic rings. The van der Waals surface area contributed by atoms with Crippen LogP contribution in [0.1, 0.15) is 24.5 Å². The maximum atomic E-state index is 12.8. The third-order valence-corrected chi connectivity index (χ3v) is 6.60. The summed E-state index contributed by atoms with van der Waals surface area (Å²) < 4.78 is 46.2. The van der Waals surface area contributed by atoms with Gasteiger partial charge in [0.2, 0.25) is 12.2 Å². The molecule has 3 rings (SSSR count). The molecular formula is C22H24Cl3NO6S. The van der Waals surface area contributed by atoms with Gasteiger partial charge < -0.3 is 14.2 Å². The Morgan fingerprint density at radius 3 is 2.21 bits per heavy atom. The van der Waals surface area contributed by atoms with Crippen molar-refractivity contribution in [3.05, 3.63) is 71.8 Å². The third-order valence-electron chi connectivity index (χ3n) is 4.88. The van der Waals surface area contributed by atoms with E-state index in [0.29, 0.717) is 5.56 Å². The summed E-state index contributed by atoms with van der Waals surface area (Å²) in [5, 5.41) is 7.80. The van der Waals surface area contributed by atoms with Gasteiger partial charge in [0.1, 0.15) is 11.9 Å². The van der Waals surface area contributed by atoms with Crippen LogP contribution in [0, 0.1) is 5.41 Å². The van der Waals surface area contributed by atoms with Crippen molar-refractivity contribution in [2.75, 3.05) is 0 Å². The number of halogens is 3. The van der Waals surface area contributed by atoms with Crippen LogP contribution in [0.4, 0.5) is 0 Å². The van der Waals surface area contributed by atoms with Crippen molar-refractivity contribution in [1.29, 1.82) is 5.41 Å². The number of rotatable bonds is 8. The molecule has 33 heavy (non-hydrogen) atoms. The molecule has 4 atom stereocenters. The smallest absolute Gasteiger partial charge is 0.271 e. The summed E-state index contributed by atoms with van der Waals surface area (Å²) >= 11 is 17.1. The molecule has 1 saturated heterocycles. The maximum Gasteiger partial charge on any atom is 0.271 e. The van der Waals surface area contributed by atoms with Crippen molar-refractivity contribution in [3.8, 4) is 0 Å². The van der Waals surface area contributed by atoms with Crippen LogP contribution in [0.5, 0.6) is 0 Å². The van der Waals surface area contributed by atoms with E-state index in [1.165, 1.54) is 0 Å². The van der Waals surface area contributed by atoms with Crippen LogP contribution in [-0.4, -0.2) is 42.7 Å². The number of ether oxygens (including phenoxy) is 3. The van der Waals surface area contributed by atoms with Crippen LogP contribution in [0.2, 0.25) is 0 Å². The first-order chi connectivity index (χ1) is 15.5. The monoisotopic (exact) mass is 535 g/mol. The Labute approximate surface area is 208 Å². The van der Waals surface area contributed by atoms with Gasteiger partial charge in [0.05, 0.1) is 18.8 Å². The van der Waals surface area contributed by atoms with E-state index >= 15 is 0 Å². The Hall–Kier alpha value is -1.39. The molecule has 0 bridgehead atoms. The Morgan fingerprint density at radius 1 is 1.06 bits per heavy atom. The highest BCUT2D eigenvalue weighted by molar-refractivity contribution is 7.85. The molecule has 0 spiro atoms. The van der Waals surface area contributed by atoms with Gasteiger partial charge in [-0.3, -0.25) is 9.59 Å². The quantitative estimate of drug-likeness (QED) is 0.221. The van der Waals surface area contributed by atoms with E-state index in [1.54, 1.807) is 37.3 Å². The Kier molecular flexibility index (Phi) is 9.02. The molecule has 1 fully saturated rings. The number of benzene rings is 2. The summed E-state index contributed by atoms with van der Waals surface area (Å²) in [6.45, 7) is 1.85. The zero-order chi connectivity index (χ0) is 24.1. The lowest BCUT2D eigenvalue weighted by Gasteiger charge is -2.39. The Morgan fingerprint density at radius 2 is 1.64 bits per heavy atom. The van der Waals surface area contributed by atoms with Crippen molar-refractivity contribution in [1.82, 2.24) is 0 Å². The molecule has 1 aliphatic heterocycles. The second-order valence-corrected chi connectivity index (χ2v) is 11.4. The molecule has 2 aromatic carbocycles. The first kappa shape index (κ1) is 26.2. The molecule has 0 radical (unpaired) electrons. The largest absolute Gasteiger partial charge is 0.448 e. The molecule has 1 unspecified atom stereocenters. The minimum atomic E-state index is -3.95. The fraction of sp³-hybridized carbons (Fsp3) is 0.409. The van der Waals surface area contributed by atoms with Crippen molar-refractivity contribution >= 4 is 50.8 Å². The summed E-state index contributed by atoms with van der Waals surface area (Å²) in [6, 6.07) is 18.1. The van der Waals surface area contributed by atoms with Crippen molar-refractivity contribution < 1.29 is 26.8 Å². The molecule has 0 aromatic heterocycles. The lowest BCUT2D eigenvalue weighted by atomic mass is 10.0. The minimum Gasteiger partial charge on any atom is -0.448 e. The summed E-state index contributed by atoms with van der Waals surface area (Å²) in [4.78, 5) is 0. The molecule has 0 saturated carbocycles. The third kappa shape index (κ3) is 8.10. The van der Waals surface area contributed by atoms with Crippen LogP contribution in [0.3, 0.4) is 0 Å². The van der Waals surface area contributed by atoms with Gasteiger partial charge in [0, 0.05) is 6.42 Å². The molecule has 0 amide bonds. The minimum absolute atomic E-state index is 0.0613. The zero-order valence-electron chi connectivity index (χ0n) is 17.7. The first-order valence-electron chi connectivity index (χ1n) is 10.1. The highest BCUT2D eigenvalue weighted by Crippen LogP contribution is 2.32. The standard InChI is InChI=1S/C22H24Cl3NO6S/c1-15-20(32-33(27,28)14-17-10-6-3-7-11-17)18(29-13-16-8-4-2-5-9-16)12-19(30-15)31-21(26)22(23,24)25/h2-11,15,18-20,26H,12-14H2,1H3/t15-,18-,19?,20-/m1/s1. The van der Waals surface area contributed by atoms with Gasteiger partial charge in [-0.05, 0) is 18.1 Å². The fourth-order valence-corrected chi connectivity index (χ4v) is 4.76. The van der Waals surface area contributed by atoms with Gasteiger partial charge in [-0.15, -0.1) is 0 Å². The van der Waals surface area contributed by atoms with E-state index < -0.39 is 44.4 Å². The van der Waals surface area contributed by atoms with Gasteiger partial charge in [0.15, 0.2) is 0 Å². The molecule has 1 N–H and O–H groups in total. The lowest BCUT2D eigenvalue weighted by Crippen LogP contribution is -2.51. The highest BCUT2D eigenvalue weighted by atomic mass is 35.6. The fourth-order valence-electron chi connectivity index (χ4n) is 3.33. The van der Waals surface area contributed by atoms with Crippen molar-refractivity contribution in [2.45, 2.75) is 54.1 Å². The summed E-state index contributed by atoms with van der Waals surface area (Å²) in [5.74, 6) is -0.900. The van der Waals surface area contributed by atoms with Crippen LogP contribution in [-0.2, 0) is 40.9 Å². The van der Waals surface area contributed by atoms with E-state index in [9.17, 15) is 8.42 Å². The van der Waals surface area contributed by atoms with Crippen LogP contribution in [0.25, 0.3) is 0 Å². The topological polar surface area (TPSA) is 94.9 Å².